The maximum atomic E-state index is 15.4. The SMILES string of the molecule is O=S1(c2ccccc2)=NC(c2ccccc2)=C(n2c3ccccc3c3c4ccccc4c4c5ccccc5sc4c32)c2ccccc21. The minimum atomic E-state index is -3.00. The molecule has 47 heavy (non-hydrogen) atoms. The zero-order chi connectivity index (χ0) is 31.1. The minimum Gasteiger partial charge on any atom is -0.305 e. The molecule has 0 N–H and O–H groups in total. The first-order valence-corrected chi connectivity index (χ1v) is 18.0. The van der Waals surface area contributed by atoms with E-state index in [-0.39, 0.29) is 0 Å². The van der Waals surface area contributed by atoms with Gasteiger partial charge in [-0.15, -0.1) is 11.3 Å². The van der Waals surface area contributed by atoms with E-state index in [0.29, 0.717) is 4.90 Å². The summed E-state index contributed by atoms with van der Waals surface area (Å²) in [5, 5.41) is 7.43. The smallest absolute Gasteiger partial charge is 0.109 e. The average molecular weight is 639 g/mol. The van der Waals surface area contributed by atoms with Crippen LogP contribution in [-0.4, -0.2) is 8.78 Å². The van der Waals surface area contributed by atoms with Gasteiger partial charge in [0.2, 0.25) is 0 Å². The quantitative estimate of drug-likeness (QED) is 0.190. The summed E-state index contributed by atoms with van der Waals surface area (Å²) < 4.78 is 25.6. The van der Waals surface area contributed by atoms with E-state index >= 15 is 4.21 Å². The fourth-order valence-electron chi connectivity index (χ4n) is 7.41. The van der Waals surface area contributed by atoms with Crippen LogP contribution in [0.25, 0.3) is 64.1 Å². The Morgan fingerprint density at radius 1 is 0.553 bits per heavy atom. The molecule has 1 unspecified atom stereocenters. The Morgan fingerprint density at radius 2 is 1.15 bits per heavy atom. The normalized spacial score (nSPS) is 16.3. The lowest BCUT2D eigenvalue weighted by Crippen LogP contribution is -2.14. The number of fused-ring (bicyclic) bond motifs is 11. The monoisotopic (exact) mass is 638 g/mol. The fourth-order valence-corrected chi connectivity index (χ4v) is 10.8. The number of thiophene rings is 1. The van der Waals surface area contributed by atoms with Crippen LogP contribution in [0.1, 0.15) is 11.1 Å². The first-order valence-electron chi connectivity index (χ1n) is 15.7. The summed E-state index contributed by atoms with van der Waals surface area (Å²) in [6.45, 7) is 0. The number of benzene rings is 7. The van der Waals surface area contributed by atoms with Crippen molar-refractivity contribution in [2.45, 2.75) is 9.79 Å². The van der Waals surface area contributed by atoms with Crippen LogP contribution in [0.15, 0.2) is 172 Å². The Hall–Kier alpha value is -5.49. The van der Waals surface area contributed by atoms with Crippen LogP contribution < -0.4 is 0 Å². The predicted octanol–water partition coefficient (Wildman–Crippen LogP) is 11.6. The topological polar surface area (TPSA) is 34.4 Å². The Bertz CT molecular complexity index is 2890. The standard InChI is InChI=1S/C42H26N2OS2/c45-47(28-17-5-2-6-18-28)36-26-14-11-23-33(36)40(39(43-47)27-15-3-1-4-16-27)44-34-24-12-9-21-31(34)37-29-19-7-8-20-30(29)38-32-22-10-13-25-35(32)46-42(38)41(37)44/h1-26H. The number of hydrogen-bond acceptors (Lipinski definition) is 3. The van der Waals surface area contributed by atoms with Crippen LogP contribution in [0.4, 0.5) is 0 Å². The van der Waals surface area contributed by atoms with E-state index in [9.17, 15) is 0 Å². The molecule has 2 aromatic heterocycles. The van der Waals surface area contributed by atoms with E-state index in [0.717, 1.165) is 38.4 Å². The first kappa shape index (κ1) is 26.7. The van der Waals surface area contributed by atoms with Gasteiger partial charge < -0.3 is 4.57 Å². The molecule has 1 aliphatic heterocycles. The molecule has 0 saturated carbocycles. The maximum absolute atomic E-state index is 15.4. The van der Waals surface area contributed by atoms with Gasteiger partial charge >= 0.3 is 0 Å². The van der Waals surface area contributed by atoms with Gasteiger partial charge in [0.25, 0.3) is 0 Å². The van der Waals surface area contributed by atoms with Crippen molar-refractivity contribution in [1.29, 1.82) is 0 Å². The number of para-hydroxylation sites is 1. The number of nitrogens with zero attached hydrogens (tertiary/aromatic N) is 2. The molecule has 7 aromatic carbocycles. The molecule has 1 aliphatic rings. The summed E-state index contributed by atoms with van der Waals surface area (Å²) in [6, 6.07) is 54.3. The third-order valence-electron chi connectivity index (χ3n) is 9.37. The summed E-state index contributed by atoms with van der Waals surface area (Å²) in [6.07, 6.45) is 0. The van der Waals surface area contributed by atoms with E-state index < -0.39 is 9.73 Å². The molecule has 3 nitrogen and oxygen atoms in total. The molecule has 0 fully saturated rings. The van der Waals surface area contributed by atoms with Crippen molar-refractivity contribution in [2.24, 2.45) is 4.36 Å². The van der Waals surface area contributed by atoms with Gasteiger partial charge in [0, 0.05) is 37.4 Å². The zero-order valence-electron chi connectivity index (χ0n) is 25.1. The van der Waals surface area contributed by atoms with Gasteiger partial charge in [-0.05, 0) is 41.1 Å². The Labute approximate surface area is 275 Å². The molecule has 0 spiro atoms. The lowest BCUT2D eigenvalue weighted by molar-refractivity contribution is 0.676. The molecule has 10 rings (SSSR count). The van der Waals surface area contributed by atoms with E-state index in [1.807, 2.05) is 72.0 Å². The highest BCUT2D eigenvalue weighted by atomic mass is 32.2. The van der Waals surface area contributed by atoms with Crippen LogP contribution >= 0.6 is 11.3 Å². The van der Waals surface area contributed by atoms with Crippen LogP contribution in [0.3, 0.4) is 0 Å². The van der Waals surface area contributed by atoms with Gasteiger partial charge in [0.15, 0.2) is 0 Å². The molecule has 0 aliphatic carbocycles. The average Bonchev–Trinajstić information content (AvgIpc) is 3.69. The van der Waals surface area contributed by atoms with E-state index in [1.165, 1.54) is 41.7 Å². The molecule has 3 heterocycles. The highest BCUT2D eigenvalue weighted by Gasteiger charge is 2.32. The molecular weight excluding hydrogens is 613 g/mol. The van der Waals surface area contributed by atoms with Gasteiger partial charge in [-0.3, -0.25) is 0 Å². The number of hydrogen-bond donors (Lipinski definition) is 0. The third-order valence-corrected chi connectivity index (χ3v) is 12.8. The van der Waals surface area contributed by atoms with Crippen molar-refractivity contribution in [3.05, 3.63) is 169 Å². The summed E-state index contributed by atoms with van der Waals surface area (Å²) in [5.74, 6) is 0. The minimum absolute atomic E-state index is 0.708. The van der Waals surface area contributed by atoms with Gasteiger partial charge in [0.05, 0.1) is 31.2 Å². The highest BCUT2D eigenvalue weighted by molar-refractivity contribution is 7.94. The van der Waals surface area contributed by atoms with Crippen LogP contribution in [-0.2, 0) is 9.73 Å². The van der Waals surface area contributed by atoms with Crippen molar-refractivity contribution < 1.29 is 4.21 Å². The van der Waals surface area contributed by atoms with Gasteiger partial charge in [-0.25, -0.2) is 4.21 Å². The molecule has 0 amide bonds. The van der Waals surface area contributed by atoms with E-state index in [2.05, 4.69) is 102 Å². The van der Waals surface area contributed by atoms with E-state index in [1.54, 1.807) is 0 Å². The predicted molar refractivity (Wildman–Crippen MR) is 198 cm³/mol. The zero-order valence-corrected chi connectivity index (χ0v) is 26.8. The highest BCUT2D eigenvalue weighted by Crippen LogP contribution is 2.50. The molecule has 0 saturated heterocycles. The number of aromatic nitrogens is 1. The molecule has 0 radical (unpaired) electrons. The van der Waals surface area contributed by atoms with Crippen molar-refractivity contribution in [1.82, 2.24) is 4.57 Å². The molecule has 9 aromatic rings. The second kappa shape index (κ2) is 10.0. The van der Waals surface area contributed by atoms with Crippen LogP contribution in [0.5, 0.6) is 0 Å². The Morgan fingerprint density at radius 3 is 1.94 bits per heavy atom. The molecule has 222 valence electrons. The summed E-state index contributed by atoms with van der Waals surface area (Å²) >= 11 is 1.84. The van der Waals surface area contributed by atoms with Gasteiger partial charge in [-0.2, -0.15) is 4.36 Å². The van der Waals surface area contributed by atoms with Crippen LogP contribution in [0, 0.1) is 0 Å². The molecule has 0 bridgehead atoms. The molecule has 5 heteroatoms. The van der Waals surface area contributed by atoms with Crippen LogP contribution in [0.2, 0.25) is 0 Å². The largest absolute Gasteiger partial charge is 0.305 e. The summed E-state index contributed by atoms with van der Waals surface area (Å²) in [7, 11) is -3.00. The second-order valence-electron chi connectivity index (χ2n) is 11.9. The second-order valence-corrected chi connectivity index (χ2v) is 15.1. The number of rotatable bonds is 3. The van der Waals surface area contributed by atoms with Gasteiger partial charge in [-0.1, -0.05) is 127 Å². The lowest BCUT2D eigenvalue weighted by atomic mass is 9.99. The van der Waals surface area contributed by atoms with Crippen molar-refractivity contribution >= 4 is 85.2 Å². The Kier molecular flexibility index (Phi) is 5.68. The van der Waals surface area contributed by atoms with Crippen molar-refractivity contribution in [2.75, 3.05) is 0 Å². The molecule has 1 atom stereocenters. The first-order chi connectivity index (χ1) is 23.2. The maximum Gasteiger partial charge on any atom is 0.109 e. The van der Waals surface area contributed by atoms with Gasteiger partial charge in [0.1, 0.15) is 15.4 Å². The van der Waals surface area contributed by atoms with Crippen molar-refractivity contribution in [3.8, 4) is 0 Å². The fraction of sp³-hybridized carbons (Fsp3) is 0. The van der Waals surface area contributed by atoms with E-state index in [4.69, 9.17) is 4.36 Å². The Balaban J connectivity index is 1.50. The third kappa shape index (κ3) is 3.70. The van der Waals surface area contributed by atoms with Crippen molar-refractivity contribution in [3.63, 3.8) is 0 Å². The summed E-state index contributed by atoms with van der Waals surface area (Å²) in [4.78, 5) is 1.44. The summed E-state index contributed by atoms with van der Waals surface area (Å²) in [5.41, 5.74) is 5.78. The lowest BCUT2D eigenvalue weighted by Gasteiger charge is -2.26. The molecular formula is C42H26N2OS2.